The number of nitrogens with one attached hydrogen (secondary N) is 2. The molecule has 2 atom stereocenters. The molecule has 136 valence electrons. The maximum absolute atomic E-state index is 11.8. The number of sulfone groups is 1. The van der Waals surface area contributed by atoms with Gasteiger partial charge in [0.15, 0.2) is 15.0 Å². The number of methoxy groups -OCH3 is 1. The van der Waals surface area contributed by atoms with E-state index in [0.717, 1.165) is 16.4 Å². The number of fused-ring (bicyclic) bond motifs is 1. The minimum absolute atomic E-state index is 0.0302. The molecule has 0 saturated carbocycles. The zero-order chi connectivity index (χ0) is 17.9. The van der Waals surface area contributed by atoms with Crippen LogP contribution >= 0.6 is 11.8 Å². The zero-order valence-corrected chi connectivity index (χ0v) is 15.5. The van der Waals surface area contributed by atoms with Crippen molar-refractivity contribution in [2.45, 2.75) is 17.7 Å². The molecule has 3 rings (SSSR count). The van der Waals surface area contributed by atoms with Gasteiger partial charge in [-0.2, -0.15) is 0 Å². The molecule has 2 aliphatic heterocycles. The molecule has 9 heteroatoms. The Morgan fingerprint density at radius 3 is 2.76 bits per heavy atom. The third kappa shape index (κ3) is 4.96. The quantitative estimate of drug-likeness (QED) is 0.701. The number of amidine groups is 1. The number of anilines is 1. The van der Waals surface area contributed by atoms with Gasteiger partial charge in [-0.05, 0) is 17.7 Å². The van der Waals surface area contributed by atoms with E-state index in [-0.39, 0.29) is 28.7 Å². The predicted octanol–water partition coefficient (Wildman–Crippen LogP) is 0.672. The first-order valence-electron chi connectivity index (χ1n) is 8.02. The number of benzene rings is 1. The smallest absolute Gasteiger partial charge is 0.224 e. The number of ether oxygens (including phenoxy) is 1. The molecule has 2 aliphatic rings. The third-order valence-corrected chi connectivity index (χ3v) is 7.16. The molecule has 7 nitrogen and oxygen atoms in total. The summed E-state index contributed by atoms with van der Waals surface area (Å²) < 4.78 is 28.0. The van der Waals surface area contributed by atoms with Crippen molar-refractivity contribution in [3.8, 4) is 0 Å². The SMILES string of the molecule is COCCNC(=O)Cc1ccc(NC2=N[C@H]3CS(=O)(=O)C[C@H]3S2)cc1. The molecule has 1 aromatic carbocycles. The number of thioether (sulfide) groups is 1. The van der Waals surface area contributed by atoms with Gasteiger partial charge in [-0.25, -0.2) is 8.42 Å². The van der Waals surface area contributed by atoms with Crippen LogP contribution in [-0.4, -0.2) is 62.6 Å². The lowest BCUT2D eigenvalue weighted by molar-refractivity contribution is -0.120. The van der Waals surface area contributed by atoms with Crippen LogP contribution in [0.4, 0.5) is 5.69 Å². The summed E-state index contributed by atoms with van der Waals surface area (Å²) in [6.07, 6.45) is 0.321. The second-order valence-electron chi connectivity index (χ2n) is 6.08. The van der Waals surface area contributed by atoms with Gasteiger partial charge < -0.3 is 15.4 Å². The molecule has 0 spiro atoms. The fraction of sp³-hybridized carbons (Fsp3) is 0.500. The van der Waals surface area contributed by atoms with Gasteiger partial charge in [-0.15, -0.1) is 0 Å². The van der Waals surface area contributed by atoms with Crippen molar-refractivity contribution in [3.63, 3.8) is 0 Å². The highest BCUT2D eigenvalue weighted by molar-refractivity contribution is 8.15. The lowest BCUT2D eigenvalue weighted by Crippen LogP contribution is -2.28. The van der Waals surface area contributed by atoms with Crippen molar-refractivity contribution in [3.05, 3.63) is 29.8 Å². The highest BCUT2D eigenvalue weighted by atomic mass is 32.2. The molecule has 0 radical (unpaired) electrons. The summed E-state index contributed by atoms with van der Waals surface area (Å²) in [6.45, 7) is 1.00. The summed E-state index contributed by atoms with van der Waals surface area (Å²) in [5.41, 5.74) is 1.79. The van der Waals surface area contributed by atoms with Gasteiger partial charge in [0, 0.05) is 24.6 Å². The summed E-state index contributed by atoms with van der Waals surface area (Å²) in [5.74, 6) is 0.309. The first kappa shape index (κ1) is 18.2. The number of rotatable bonds is 6. The minimum atomic E-state index is -2.93. The van der Waals surface area contributed by atoms with E-state index in [1.165, 1.54) is 11.8 Å². The minimum Gasteiger partial charge on any atom is -0.383 e. The van der Waals surface area contributed by atoms with Crippen molar-refractivity contribution in [1.29, 1.82) is 0 Å². The van der Waals surface area contributed by atoms with Crippen LogP contribution in [0.1, 0.15) is 5.56 Å². The molecule has 25 heavy (non-hydrogen) atoms. The molecule has 1 fully saturated rings. The Balaban J connectivity index is 1.51. The maximum Gasteiger partial charge on any atom is 0.224 e. The van der Waals surface area contributed by atoms with E-state index in [4.69, 9.17) is 4.74 Å². The molecule has 1 saturated heterocycles. The lowest BCUT2D eigenvalue weighted by Gasteiger charge is -2.08. The first-order valence-corrected chi connectivity index (χ1v) is 10.7. The average molecular weight is 383 g/mol. The number of nitrogens with zero attached hydrogens (tertiary/aromatic N) is 1. The van der Waals surface area contributed by atoms with Crippen molar-refractivity contribution >= 4 is 38.4 Å². The largest absolute Gasteiger partial charge is 0.383 e. The van der Waals surface area contributed by atoms with Crippen LogP contribution < -0.4 is 10.6 Å². The van der Waals surface area contributed by atoms with Crippen LogP contribution in [0.3, 0.4) is 0 Å². The van der Waals surface area contributed by atoms with Gasteiger partial charge in [0.25, 0.3) is 0 Å². The molecule has 1 aromatic rings. The average Bonchev–Trinajstić information content (AvgIpc) is 3.02. The zero-order valence-electron chi connectivity index (χ0n) is 13.9. The van der Waals surface area contributed by atoms with Crippen molar-refractivity contribution in [2.24, 2.45) is 4.99 Å². The van der Waals surface area contributed by atoms with E-state index in [1.54, 1.807) is 7.11 Å². The fourth-order valence-electron chi connectivity index (χ4n) is 2.79. The van der Waals surface area contributed by atoms with Gasteiger partial charge in [0.1, 0.15) is 0 Å². The Hall–Kier alpha value is -1.58. The molecule has 2 heterocycles. The van der Waals surface area contributed by atoms with E-state index in [2.05, 4.69) is 15.6 Å². The Labute approximate surface area is 151 Å². The predicted molar refractivity (Wildman–Crippen MR) is 99.9 cm³/mol. The van der Waals surface area contributed by atoms with Gasteiger partial charge in [0.2, 0.25) is 5.91 Å². The summed E-state index contributed by atoms with van der Waals surface area (Å²) in [4.78, 5) is 16.2. The van der Waals surface area contributed by atoms with Crippen molar-refractivity contribution in [2.75, 3.05) is 37.1 Å². The Bertz CT molecular complexity index is 762. The standard InChI is InChI=1S/C16H21N3O4S2/c1-23-7-6-17-15(20)8-11-2-4-12(5-3-11)18-16-19-13-9-25(21,22)10-14(13)24-16/h2-5,13-14H,6-10H2,1H3,(H,17,20)(H,18,19)/t13-,14+/m0/s1. The van der Waals surface area contributed by atoms with Gasteiger partial charge in [-0.1, -0.05) is 23.9 Å². The van der Waals surface area contributed by atoms with Crippen molar-refractivity contribution < 1.29 is 17.9 Å². The van der Waals surface area contributed by atoms with Crippen LogP contribution in [-0.2, 0) is 25.8 Å². The molecule has 0 aliphatic carbocycles. The van der Waals surface area contributed by atoms with Crippen LogP contribution in [0.25, 0.3) is 0 Å². The lowest BCUT2D eigenvalue weighted by atomic mass is 10.1. The number of hydrogen-bond acceptors (Lipinski definition) is 7. The van der Waals surface area contributed by atoms with Crippen LogP contribution in [0, 0.1) is 0 Å². The molecule has 0 bridgehead atoms. The van der Waals surface area contributed by atoms with Crippen LogP contribution in [0.2, 0.25) is 0 Å². The van der Waals surface area contributed by atoms with Crippen molar-refractivity contribution in [1.82, 2.24) is 5.32 Å². The first-order chi connectivity index (χ1) is 11.9. The van der Waals surface area contributed by atoms with E-state index in [1.807, 2.05) is 24.3 Å². The third-order valence-electron chi connectivity index (χ3n) is 4.02. The normalized spacial score (nSPS) is 23.8. The monoisotopic (exact) mass is 383 g/mol. The van der Waals surface area contributed by atoms with E-state index < -0.39 is 9.84 Å². The number of hydrogen-bond donors (Lipinski definition) is 2. The van der Waals surface area contributed by atoms with E-state index in [0.29, 0.717) is 19.6 Å². The van der Waals surface area contributed by atoms with Gasteiger partial charge >= 0.3 is 0 Å². The molecular formula is C16H21N3O4S2. The summed E-state index contributed by atoms with van der Waals surface area (Å²) >= 11 is 1.49. The summed E-state index contributed by atoms with van der Waals surface area (Å²) in [6, 6.07) is 7.44. The van der Waals surface area contributed by atoms with E-state index >= 15 is 0 Å². The fourth-order valence-corrected chi connectivity index (χ4v) is 6.46. The summed E-state index contributed by atoms with van der Waals surface area (Å²) in [5, 5.41) is 6.79. The van der Waals surface area contributed by atoms with E-state index in [9.17, 15) is 13.2 Å². The highest BCUT2D eigenvalue weighted by Crippen LogP contribution is 2.34. The van der Waals surface area contributed by atoms with Gasteiger partial charge in [0.05, 0.1) is 30.6 Å². The molecule has 0 aromatic heterocycles. The number of aliphatic imine (C=N–C) groups is 1. The molecule has 0 unspecified atom stereocenters. The molecule has 2 N–H and O–H groups in total. The Kier molecular flexibility index (Phi) is 5.65. The highest BCUT2D eigenvalue weighted by Gasteiger charge is 2.42. The second kappa shape index (κ2) is 7.76. The molecular weight excluding hydrogens is 362 g/mol. The topological polar surface area (TPSA) is 96.9 Å². The Morgan fingerprint density at radius 1 is 1.32 bits per heavy atom. The maximum atomic E-state index is 11.8. The van der Waals surface area contributed by atoms with Crippen LogP contribution in [0.15, 0.2) is 29.3 Å². The molecule has 1 amide bonds. The van der Waals surface area contributed by atoms with Gasteiger partial charge in [-0.3, -0.25) is 9.79 Å². The number of carbonyl (C=O) groups excluding carboxylic acids is 1. The summed E-state index contributed by atoms with van der Waals surface area (Å²) in [7, 11) is -1.33. The number of carbonyl (C=O) groups is 1. The van der Waals surface area contributed by atoms with Crippen LogP contribution in [0.5, 0.6) is 0 Å². The second-order valence-corrected chi connectivity index (χ2v) is 9.46. The number of amides is 1. The Morgan fingerprint density at radius 2 is 2.08 bits per heavy atom.